The summed E-state index contributed by atoms with van der Waals surface area (Å²) in [5, 5.41) is 0. The van der Waals surface area contributed by atoms with Crippen molar-refractivity contribution in [2.24, 2.45) is 0 Å². The maximum Gasteiger partial charge on any atom is 0.162 e. The second-order valence-corrected chi connectivity index (χ2v) is 2.67. The van der Waals surface area contributed by atoms with Gasteiger partial charge >= 0.3 is 0 Å². The predicted molar refractivity (Wildman–Crippen MR) is 45.4 cm³/mol. The van der Waals surface area contributed by atoms with Crippen molar-refractivity contribution in [1.82, 2.24) is 4.90 Å². The van der Waals surface area contributed by atoms with Crippen molar-refractivity contribution in [3.63, 3.8) is 0 Å². The molecule has 0 radical (unpaired) electrons. The van der Waals surface area contributed by atoms with Gasteiger partial charge < -0.3 is 9.47 Å². The first-order valence-electron chi connectivity index (χ1n) is 3.20. The molecule has 1 unspecified atom stereocenters. The molecule has 0 aliphatic carbocycles. The molecule has 4 heteroatoms. The van der Waals surface area contributed by atoms with Gasteiger partial charge in [-0.05, 0) is 14.1 Å². The first-order valence-corrected chi connectivity index (χ1v) is 3.64. The minimum atomic E-state index is -0.278. The molecule has 0 amide bonds. The Morgan fingerprint density at radius 3 is 2.27 bits per heavy atom. The van der Waals surface area contributed by atoms with E-state index in [0.29, 0.717) is 5.76 Å². The Bertz CT molecular complexity index is 136. The third-order valence-electron chi connectivity index (χ3n) is 1.16. The molecule has 0 aromatic carbocycles. The largest absolute Gasteiger partial charge is 0.501 e. The molecule has 66 valence electrons. The van der Waals surface area contributed by atoms with Crippen LogP contribution in [0.15, 0.2) is 12.0 Å². The molecule has 0 saturated heterocycles. The lowest BCUT2D eigenvalue weighted by Crippen LogP contribution is -2.25. The zero-order valence-corrected chi connectivity index (χ0v) is 8.05. The lowest BCUT2D eigenvalue weighted by Gasteiger charge is -2.18. The standard InChI is InChI=1S/C7H14ClNO2/c1-9(2)7(8)6(11-4)5-10-3/h5,7H,1-4H3. The molecule has 0 spiro atoms. The maximum absolute atomic E-state index is 5.91. The summed E-state index contributed by atoms with van der Waals surface area (Å²) in [6.45, 7) is 0. The smallest absolute Gasteiger partial charge is 0.162 e. The van der Waals surface area contributed by atoms with Crippen molar-refractivity contribution in [2.75, 3.05) is 28.3 Å². The number of likely N-dealkylation sites (N-methyl/N-ethyl adjacent to an activating group) is 1. The molecule has 0 fully saturated rings. The van der Waals surface area contributed by atoms with Crippen molar-refractivity contribution in [3.8, 4) is 0 Å². The van der Waals surface area contributed by atoms with Gasteiger partial charge in [0, 0.05) is 0 Å². The fraction of sp³-hybridized carbons (Fsp3) is 0.714. The van der Waals surface area contributed by atoms with E-state index in [9.17, 15) is 0 Å². The Morgan fingerprint density at radius 2 is 2.00 bits per heavy atom. The Labute approximate surface area is 72.5 Å². The molecule has 0 aliphatic rings. The lowest BCUT2D eigenvalue weighted by molar-refractivity contribution is 0.206. The van der Waals surface area contributed by atoms with Crippen molar-refractivity contribution in [1.29, 1.82) is 0 Å². The topological polar surface area (TPSA) is 21.7 Å². The monoisotopic (exact) mass is 179 g/mol. The SMILES string of the molecule is COC=C(OC)C(Cl)N(C)C. The quantitative estimate of drug-likeness (QED) is 0.368. The summed E-state index contributed by atoms with van der Waals surface area (Å²) >= 11 is 5.91. The van der Waals surface area contributed by atoms with Gasteiger partial charge in [-0.2, -0.15) is 0 Å². The molecular formula is C7H14ClNO2. The van der Waals surface area contributed by atoms with E-state index in [-0.39, 0.29) is 5.50 Å². The van der Waals surface area contributed by atoms with E-state index in [1.807, 2.05) is 19.0 Å². The van der Waals surface area contributed by atoms with Crippen LogP contribution in [0, 0.1) is 0 Å². The second kappa shape index (κ2) is 5.27. The lowest BCUT2D eigenvalue weighted by atomic mass is 10.5. The number of methoxy groups -OCH3 is 2. The van der Waals surface area contributed by atoms with Gasteiger partial charge in [0.25, 0.3) is 0 Å². The predicted octanol–water partition coefficient (Wildman–Crippen LogP) is 1.25. The first-order chi connectivity index (χ1) is 5.13. The van der Waals surface area contributed by atoms with Crippen molar-refractivity contribution in [3.05, 3.63) is 12.0 Å². The number of rotatable bonds is 4. The summed E-state index contributed by atoms with van der Waals surface area (Å²) < 4.78 is 9.74. The van der Waals surface area contributed by atoms with Crippen LogP contribution < -0.4 is 0 Å². The van der Waals surface area contributed by atoms with Crippen LogP contribution >= 0.6 is 11.6 Å². The molecular weight excluding hydrogens is 166 g/mol. The number of hydrogen-bond acceptors (Lipinski definition) is 3. The Kier molecular flexibility index (Phi) is 5.07. The number of alkyl halides is 1. The summed E-state index contributed by atoms with van der Waals surface area (Å²) in [5.74, 6) is 0.596. The summed E-state index contributed by atoms with van der Waals surface area (Å²) in [6, 6.07) is 0. The minimum Gasteiger partial charge on any atom is -0.501 e. The third kappa shape index (κ3) is 3.49. The second-order valence-electron chi connectivity index (χ2n) is 2.26. The van der Waals surface area contributed by atoms with E-state index in [1.54, 1.807) is 14.2 Å². The van der Waals surface area contributed by atoms with Crippen LogP contribution in [0.1, 0.15) is 0 Å². The Balaban J connectivity index is 4.13. The average Bonchev–Trinajstić information content (AvgIpc) is 1.98. The number of nitrogens with zero attached hydrogens (tertiary/aromatic N) is 1. The molecule has 0 saturated carbocycles. The molecule has 0 aliphatic heterocycles. The van der Waals surface area contributed by atoms with Gasteiger partial charge in [0.05, 0.1) is 14.2 Å². The van der Waals surface area contributed by atoms with Crippen LogP contribution in [0.3, 0.4) is 0 Å². The van der Waals surface area contributed by atoms with Crippen LogP contribution in [-0.4, -0.2) is 38.7 Å². The van der Waals surface area contributed by atoms with Crippen LogP contribution in [-0.2, 0) is 9.47 Å². The summed E-state index contributed by atoms with van der Waals surface area (Å²) in [7, 11) is 6.84. The van der Waals surface area contributed by atoms with Crippen molar-refractivity contribution in [2.45, 2.75) is 5.50 Å². The maximum atomic E-state index is 5.91. The third-order valence-corrected chi connectivity index (χ3v) is 1.76. The molecule has 0 rings (SSSR count). The molecule has 0 aromatic heterocycles. The minimum absolute atomic E-state index is 0.278. The highest BCUT2D eigenvalue weighted by Gasteiger charge is 2.13. The molecule has 3 nitrogen and oxygen atoms in total. The highest BCUT2D eigenvalue weighted by Crippen LogP contribution is 2.12. The van der Waals surface area contributed by atoms with E-state index in [1.165, 1.54) is 6.26 Å². The van der Waals surface area contributed by atoms with Gasteiger partial charge in [-0.1, -0.05) is 11.6 Å². The van der Waals surface area contributed by atoms with Gasteiger partial charge in [-0.15, -0.1) is 0 Å². The zero-order valence-electron chi connectivity index (χ0n) is 7.30. The van der Waals surface area contributed by atoms with E-state index >= 15 is 0 Å². The van der Waals surface area contributed by atoms with Crippen molar-refractivity contribution < 1.29 is 9.47 Å². The molecule has 1 atom stereocenters. The van der Waals surface area contributed by atoms with E-state index in [2.05, 4.69) is 0 Å². The van der Waals surface area contributed by atoms with Crippen LogP contribution in [0.4, 0.5) is 0 Å². The van der Waals surface area contributed by atoms with Crippen LogP contribution in [0.2, 0.25) is 0 Å². The summed E-state index contributed by atoms with van der Waals surface area (Å²) in [6.07, 6.45) is 1.48. The molecule has 0 heterocycles. The Hall–Kier alpha value is -0.410. The zero-order chi connectivity index (χ0) is 8.85. The first kappa shape index (κ1) is 10.6. The number of halogens is 1. The highest BCUT2D eigenvalue weighted by molar-refractivity contribution is 6.21. The van der Waals surface area contributed by atoms with Gasteiger partial charge in [-0.25, -0.2) is 0 Å². The van der Waals surface area contributed by atoms with E-state index in [0.717, 1.165) is 0 Å². The van der Waals surface area contributed by atoms with Crippen LogP contribution in [0.25, 0.3) is 0 Å². The molecule has 0 aromatic rings. The van der Waals surface area contributed by atoms with E-state index < -0.39 is 0 Å². The van der Waals surface area contributed by atoms with Gasteiger partial charge in [0.2, 0.25) is 0 Å². The highest BCUT2D eigenvalue weighted by atomic mass is 35.5. The molecule has 11 heavy (non-hydrogen) atoms. The van der Waals surface area contributed by atoms with E-state index in [4.69, 9.17) is 21.1 Å². The van der Waals surface area contributed by atoms with Crippen LogP contribution in [0.5, 0.6) is 0 Å². The fourth-order valence-electron chi connectivity index (χ4n) is 0.572. The number of hydrogen-bond donors (Lipinski definition) is 0. The molecule has 0 N–H and O–H groups in total. The Morgan fingerprint density at radius 1 is 1.45 bits per heavy atom. The fourth-order valence-corrected chi connectivity index (χ4v) is 0.713. The van der Waals surface area contributed by atoms with Gasteiger partial charge in [-0.3, -0.25) is 4.90 Å². The average molecular weight is 180 g/mol. The number of ether oxygens (including phenoxy) is 2. The van der Waals surface area contributed by atoms with Gasteiger partial charge in [0.1, 0.15) is 11.8 Å². The normalized spacial score (nSPS) is 14.9. The summed E-state index contributed by atoms with van der Waals surface area (Å²) in [4.78, 5) is 1.82. The van der Waals surface area contributed by atoms with Crippen molar-refractivity contribution >= 4 is 11.6 Å². The summed E-state index contributed by atoms with van der Waals surface area (Å²) in [5.41, 5.74) is -0.278. The molecule has 0 bridgehead atoms. The van der Waals surface area contributed by atoms with Gasteiger partial charge in [0.15, 0.2) is 5.76 Å².